The lowest BCUT2D eigenvalue weighted by Crippen LogP contribution is -2.21. The molecule has 0 aliphatic rings. The van der Waals surface area contributed by atoms with Gasteiger partial charge >= 0.3 is 0 Å². The second kappa shape index (κ2) is 6.31. The van der Waals surface area contributed by atoms with Gasteiger partial charge in [0.05, 0.1) is 0 Å². The van der Waals surface area contributed by atoms with Crippen molar-refractivity contribution < 1.29 is 0 Å². The van der Waals surface area contributed by atoms with E-state index in [1.165, 1.54) is 23.1 Å². The summed E-state index contributed by atoms with van der Waals surface area (Å²) in [5.41, 5.74) is 3.80. The van der Waals surface area contributed by atoms with Gasteiger partial charge in [-0.05, 0) is 49.6 Å². The SMILES string of the molecule is CNC(C)CCc1ccc(-c2cccnc2)cc1. The number of aryl methyl sites for hydroxylation is 1. The van der Waals surface area contributed by atoms with E-state index in [0.29, 0.717) is 6.04 Å². The van der Waals surface area contributed by atoms with Crippen LogP contribution < -0.4 is 5.32 Å². The number of nitrogens with one attached hydrogen (secondary N) is 1. The first-order valence-corrected chi connectivity index (χ1v) is 6.46. The summed E-state index contributed by atoms with van der Waals surface area (Å²) in [5.74, 6) is 0. The third kappa shape index (κ3) is 3.41. The zero-order valence-electron chi connectivity index (χ0n) is 11.1. The molecule has 1 heterocycles. The van der Waals surface area contributed by atoms with Crippen molar-refractivity contribution in [3.05, 3.63) is 54.4 Å². The van der Waals surface area contributed by atoms with Crippen LogP contribution in [0, 0.1) is 0 Å². The van der Waals surface area contributed by atoms with Crippen molar-refractivity contribution in [2.45, 2.75) is 25.8 Å². The van der Waals surface area contributed by atoms with Crippen molar-refractivity contribution >= 4 is 0 Å². The minimum Gasteiger partial charge on any atom is -0.317 e. The summed E-state index contributed by atoms with van der Waals surface area (Å²) >= 11 is 0. The van der Waals surface area contributed by atoms with E-state index >= 15 is 0 Å². The molecule has 2 heteroatoms. The Morgan fingerprint density at radius 3 is 2.50 bits per heavy atom. The van der Waals surface area contributed by atoms with Crippen LogP contribution in [0.4, 0.5) is 0 Å². The van der Waals surface area contributed by atoms with Crippen LogP contribution >= 0.6 is 0 Å². The van der Waals surface area contributed by atoms with Crippen LogP contribution in [0.5, 0.6) is 0 Å². The van der Waals surface area contributed by atoms with Crippen LogP contribution in [0.15, 0.2) is 48.8 Å². The molecule has 0 radical (unpaired) electrons. The molecule has 1 unspecified atom stereocenters. The van der Waals surface area contributed by atoms with E-state index in [2.05, 4.69) is 47.6 Å². The normalized spacial score (nSPS) is 12.3. The van der Waals surface area contributed by atoms with Gasteiger partial charge in [0.15, 0.2) is 0 Å². The quantitative estimate of drug-likeness (QED) is 0.867. The second-order valence-corrected chi connectivity index (χ2v) is 4.67. The van der Waals surface area contributed by atoms with Crippen molar-refractivity contribution in [2.75, 3.05) is 7.05 Å². The van der Waals surface area contributed by atoms with E-state index in [4.69, 9.17) is 0 Å². The maximum absolute atomic E-state index is 4.15. The third-order valence-corrected chi connectivity index (χ3v) is 3.31. The average Bonchev–Trinajstić information content (AvgIpc) is 2.46. The molecular weight excluding hydrogens is 220 g/mol. The summed E-state index contributed by atoms with van der Waals surface area (Å²) in [6, 6.07) is 13.4. The summed E-state index contributed by atoms with van der Waals surface area (Å²) in [5, 5.41) is 3.26. The predicted molar refractivity (Wildman–Crippen MR) is 76.5 cm³/mol. The molecule has 2 aromatic rings. The van der Waals surface area contributed by atoms with Crippen LogP contribution in [0.2, 0.25) is 0 Å². The van der Waals surface area contributed by atoms with Gasteiger partial charge in [0.1, 0.15) is 0 Å². The van der Waals surface area contributed by atoms with Crippen LogP contribution in [-0.4, -0.2) is 18.1 Å². The minimum atomic E-state index is 0.572. The Labute approximate surface area is 109 Å². The molecule has 2 rings (SSSR count). The Morgan fingerprint density at radius 2 is 1.89 bits per heavy atom. The van der Waals surface area contributed by atoms with E-state index in [9.17, 15) is 0 Å². The Balaban J connectivity index is 2.02. The van der Waals surface area contributed by atoms with Crippen molar-refractivity contribution in [1.82, 2.24) is 10.3 Å². The first-order valence-electron chi connectivity index (χ1n) is 6.46. The lowest BCUT2D eigenvalue weighted by Gasteiger charge is -2.10. The Bertz CT molecular complexity index is 462. The molecule has 18 heavy (non-hydrogen) atoms. The lowest BCUT2D eigenvalue weighted by atomic mass is 10.0. The fourth-order valence-corrected chi connectivity index (χ4v) is 1.92. The zero-order chi connectivity index (χ0) is 12.8. The summed E-state index contributed by atoms with van der Waals surface area (Å²) < 4.78 is 0. The van der Waals surface area contributed by atoms with Crippen molar-refractivity contribution in [3.8, 4) is 11.1 Å². The zero-order valence-corrected chi connectivity index (χ0v) is 11.1. The number of benzene rings is 1. The van der Waals surface area contributed by atoms with Gasteiger partial charge < -0.3 is 5.32 Å². The Morgan fingerprint density at radius 1 is 1.11 bits per heavy atom. The highest BCUT2D eigenvalue weighted by molar-refractivity contribution is 5.62. The fourth-order valence-electron chi connectivity index (χ4n) is 1.92. The number of hydrogen-bond acceptors (Lipinski definition) is 2. The number of pyridine rings is 1. The summed E-state index contributed by atoms with van der Waals surface area (Å²) in [6.07, 6.45) is 5.99. The number of hydrogen-bond donors (Lipinski definition) is 1. The van der Waals surface area contributed by atoms with E-state index in [0.717, 1.165) is 6.42 Å². The molecular formula is C16H20N2. The van der Waals surface area contributed by atoms with Gasteiger partial charge in [-0.1, -0.05) is 30.3 Å². The van der Waals surface area contributed by atoms with Crippen LogP contribution in [-0.2, 0) is 6.42 Å². The second-order valence-electron chi connectivity index (χ2n) is 4.67. The number of aromatic nitrogens is 1. The van der Waals surface area contributed by atoms with Gasteiger partial charge in [-0.25, -0.2) is 0 Å². The maximum Gasteiger partial charge on any atom is 0.0346 e. The van der Waals surface area contributed by atoms with E-state index in [1.807, 2.05) is 19.3 Å². The molecule has 0 bridgehead atoms. The summed E-state index contributed by atoms with van der Waals surface area (Å²) in [4.78, 5) is 4.15. The van der Waals surface area contributed by atoms with Gasteiger partial charge in [0.2, 0.25) is 0 Å². The molecule has 0 spiro atoms. The number of nitrogens with zero attached hydrogens (tertiary/aromatic N) is 1. The molecule has 94 valence electrons. The van der Waals surface area contributed by atoms with Crippen molar-refractivity contribution in [3.63, 3.8) is 0 Å². The molecule has 0 aliphatic carbocycles. The topological polar surface area (TPSA) is 24.9 Å². The summed E-state index contributed by atoms with van der Waals surface area (Å²) in [7, 11) is 2.01. The van der Waals surface area contributed by atoms with Crippen LogP contribution in [0.25, 0.3) is 11.1 Å². The Hall–Kier alpha value is -1.67. The molecule has 1 N–H and O–H groups in total. The highest BCUT2D eigenvalue weighted by atomic mass is 14.8. The smallest absolute Gasteiger partial charge is 0.0346 e. The first kappa shape index (κ1) is 12.8. The van der Waals surface area contributed by atoms with Crippen molar-refractivity contribution in [2.24, 2.45) is 0 Å². The number of rotatable bonds is 5. The summed E-state index contributed by atoms with van der Waals surface area (Å²) in [6.45, 7) is 2.21. The van der Waals surface area contributed by atoms with Gasteiger partial charge in [0.25, 0.3) is 0 Å². The lowest BCUT2D eigenvalue weighted by molar-refractivity contribution is 0.565. The van der Waals surface area contributed by atoms with Gasteiger partial charge in [-0.15, -0.1) is 0 Å². The van der Waals surface area contributed by atoms with E-state index in [1.54, 1.807) is 6.20 Å². The average molecular weight is 240 g/mol. The monoisotopic (exact) mass is 240 g/mol. The Kier molecular flexibility index (Phi) is 4.48. The first-order chi connectivity index (χ1) is 8.79. The molecule has 1 atom stereocenters. The highest BCUT2D eigenvalue weighted by Gasteiger charge is 2.01. The maximum atomic E-state index is 4.15. The molecule has 0 fully saturated rings. The largest absolute Gasteiger partial charge is 0.317 e. The predicted octanol–water partition coefficient (Wildman–Crippen LogP) is 3.29. The fraction of sp³-hybridized carbons (Fsp3) is 0.312. The van der Waals surface area contributed by atoms with E-state index < -0.39 is 0 Å². The van der Waals surface area contributed by atoms with Gasteiger partial charge in [-0.3, -0.25) is 4.98 Å². The molecule has 2 nitrogen and oxygen atoms in total. The van der Waals surface area contributed by atoms with Crippen LogP contribution in [0.3, 0.4) is 0 Å². The highest BCUT2D eigenvalue weighted by Crippen LogP contribution is 2.19. The molecule has 0 amide bonds. The van der Waals surface area contributed by atoms with Crippen LogP contribution in [0.1, 0.15) is 18.9 Å². The van der Waals surface area contributed by atoms with Gasteiger partial charge in [-0.2, -0.15) is 0 Å². The molecule has 1 aromatic heterocycles. The third-order valence-electron chi connectivity index (χ3n) is 3.31. The minimum absolute atomic E-state index is 0.572. The van der Waals surface area contributed by atoms with E-state index in [-0.39, 0.29) is 0 Å². The van der Waals surface area contributed by atoms with Crippen molar-refractivity contribution in [1.29, 1.82) is 0 Å². The molecule has 1 aromatic carbocycles. The molecule has 0 saturated carbocycles. The standard InChI is InChI=1S/C16H20N2/c1-13(17-2)5-6-14-7-9-15(10-8-14)16-4-3-11-18-12-16/h3-4,7-13,17H,5-6H2,1-2H3. The van der Waals surface area contributed by atoms with Gasteiger partial charge in [0, 0.05) is 18.4 Å². The molecule has 0 aliphatic heterocycles. The molecule has 0 saturated heterocycles.